The predicted octanol–water partition coefficient (Wildman–Crippen LogP) is 3.93. The zero-order chi connectivity index (χ0) is 14.7. The van der Waals surface area contributed by atoms with Crippen LogP contribution < -0.4 is 4.74 Å². The molecule has 0 saturated heterocycles. The molecule has 20 heavy (non-hydrogen) atoms. The van der Waals surface area contributed by atoms with E-state index in [1.54, 1.807) is 38.1 Å². The molecule has 0 amide bonds. The van der Waals surface area contributed by atoms with Crippen molar-refractivity contribution in [1.82, 2.24) is 0 Å². The predicted molar refractivity (Wildman–Crippen MR) is 73.3 cm³/mol. The van der Waals surface area contributed by atoms with Crippen LogP contribution >= 0.6 is 0 Å². The lowest BCUT2D eigenvalue weighted by atomic mass is 10.1. The van der Waals surface area contributed by atoms with Gasteiger partial charge >= 0.3 is 0 Å². The highest BCUT2D eigenvalue weighted by Gasteiger charge is 2.15. The topological polar surface area (TPSA) is 52.4 Å². The average Bonchev–Trinajstić information content (AvgIpc) is 2.35. The summed E-state index contributed by atoms with van der Waals surface area (Å²) in [6.07, 6.45) is 0. The minimum atomic E-state index is -0.402. The molecule has 104 valence electrons. The van der Waals surface area contributed by atoms with Crippen LogP contribution in [0.5, 0.6) is 5.75 Å². The molecule has 0 saturated carbocycles. The van der Waals surface area contributed by atoms with Crippen molar-refractivity contribution < 1.29 is 14.1 Å². The van der Waals surface area contributed by atoms with Crippen molar-refractivity contribution in [2.24, 2.45) is 0 Å². The number of ether oxygens (including phenoxy) is 1. The Morgan fingerprint density at radius 1 is 1.20 bits per heavy atom. The summed E-state index contributed by atoms with van der Waals surface area (Å²) in [6.45, 7) is 3.55. The fourth-order valence-corrected chi connectivity index (χ4v) is 2.08. The highest BCUT2D eigenvalue weighted by molar-refractivity contribution is 5.51. The summed E-state index contributed by atoms with van der Waals surface area (Å²) in [7, 11) is 0. The van der Waals surface area contributed by atoms with Gasteiger partial charge in [-0.2, -0.15) is 0 Å². The molecule has 5 heteroatoms. The van der Waals surface area contributed by atoms with Gasteiger partial charge in [0.25, 0.3) is 5.69 Å². The first-order valence-electron chi connectivity index (χ1n) is 6.10. The Hall–Kier alpha value is -2.43. The van der Waals surface area contributed by atoms with E-state index in [9.17, 15) is 14.5 Å². The quantitative estimate of drug-likeness (QED) is 0.627. The largest absolute Gasteiger partial charge is 0.489 e. The van der Waals surface area contributed by atoms with Gasteiger partial charge in [-0.25, -0.2) is 4.39 Å². The van der Waals surface area contributed by atoms with Crippen LogP contribution in [0, 0.1) is 29.8 Å². The molecule has 0 aliphatic rings. The van der Waals surface area contributed by atoms with Gasteiger partial charge in [0.1, 0.15) is 18.2 Å². The van der Waals surface area contributed by atoms with E-state index in [1.807, 2.05) is 0 Å². The van der Waals surface area contributed by atoms with Crippen molar-refractivity contribution in [3.05, 3.63) is 69.0 Å². The average molecular weight is 275 g/mol. The fraction of sp³-hybridized carbons (Fsp3) is 0.200. The lowest BCUT2D eigenvalue weighted by Gasteiger charge is -2.09. The molecular formula is C15H14FNO3. The third kappa shape index (κ3) is 3.12. The van der Waals surface area contributed by atoms with Crippen molar-refractivity contribution in [3.8, 4) is 5.75 Å². The molecule has 2 aromatic carbocycles. The van der Waals surface area contributed by atoms with Crippen molar-refractivity contribution in [2.45, 2.75) is 20.5 Å². The van der Waals surface area contributed by atoms with E-state index in [0.717, 1.165) is 0 Å². The third-order valence-corrected chi connectivity index (χ3v) is 2.94. The van der Waals surface area contributed by atoms with E-state index >= 15 is 0 Å². The SMILES string of the molecule is Cc1cc(OCc2cccc(F)c2)cc(C)c1[N+](=O)[O-]. The van der Waals surface area contributed by atoms with Gasteiger partial charge < -0.3 is 4.74 Å². The molecule has 0 aromatic heterocycles. The van der Waals surface area contributed by atoms with Crippen LogP contribution in [-0.4, -0.2) is 4.92 Å². The first-order chi connectivity index (χ1) is 9.47. The summed E-state index contributed by atoms with van der Waals surface area (Å²) >= 11 is 0. The Kier molecular flexibility index (Phi) is 3.98. The first-order valence-corrected chi connectivity index (χ1v) is 6.10. The second-order valence-electron chi connectivity index (χ2n) is 4.58. The summed E-state index contributed by atoms with van der Waals surface area (Å²) in [5, 5.41) is 10.9. The standard InChI is InChI=1S/C15H14FNO3/c1-10-6-14(7-11(2)15(10)17(18)19)20-9-12-4-3-5-13(16)8-12/h3-8H,9H2,1-2H3. The molecule has 0 radical (unpaired) electrons. The van der Waals surface area contributed by atoms with Crippen molar-refractivity contribution in [1.29, 1.82) is 0 Å². The number of rotatable bonds is 4. The van der Waals surface area contributed by atoms with Crippen molar-refractivity contribution in [2.75, 3.05) is 0 Å². The van der Waals surface area contributed by atoms with Crippen LogP contribution in [-0.2, 0) is 6.61 Å². The summed E-state index contributed by atoms with van der Waals surface area (Å²) in [5.74, 6) is 0.219. The number of hydrogen-bond acceptors (Lipinski definition) is 3. The van der Waals surface area contributed by atoms with Gasteiger partial charge in [-0.15, -0.1) is 0 Å². The lowest BCUT2D eigenvalue weighted by molar-refractivity contribution is -0.386. The van der Waals surface area contributed by atoms with Gasteiger partial charge in [0, 0.05) is 11.1 Å². The van der Waals surface area contributed by atoms with Gasteiger partial charge in [0.05, 0.1) is 4.92 Å². The van der Waals surface area contributed by atoms with Gasteiger partial charge in [-0.3, -0.25) is 10.1 Å². The number of benzene rings is 2. The van der Waals surface area contributed by atoms with Crippen LogP contribution in [0.2, 0.25) is 0 Å². The minimum absolute atomic E-state index is 0.100. The van der Waals surface area contributed by atoms with Crippen LogP contribution in [0.15, 0.2) is 36.4 Å². The zero-order valence-corrected chi connectivity index (χ0v) is 11.2. The highest BCUT2D eigenvalue weighted by Crippen LogP contribution is 2.28. The Morgan fingerprint density at radius 2 is 1.85 bits per heavy atom. The minimum Gasteiger partial charge on any atom is -0.489 e. The molecule has 2 aromatic rings. The Bertz CT molecular complexity index is 632. The van der Waals surface area contributed by atoms with Gasteiger partial charge in [-0.1, -0.05) is 12.1 Å². The zero-order valence-electron chi connectivity index (χ0n) is 11.2. The van der Waals surface area contributed by atoms with Gasteiger partial charge in [-0.05, 0) is 43.7 Å². The molecule has 0 unspecified atom stereocenters. The van der Waals surface area contributed by atoms with E-state index < -0.39 is 4.92 Å². The second kappa shape index (κ2) is 5.69. The lowest BCUT2D eigenvalue weighted by Crippen LogP contribution is -1.99. The molecule has 0 heterocycles. The highest BCUT2D eigenvalue weighted by atomic mass is 19.1. The van der Waals surface area contributed by atoms with E-state index in [4.69, 9.17) is 4.74 Å². The fourth-order valence-electron chi connectivity index (χ4n) is 2.08. The third-order valence-electron chi connectivity index (χ3n) is 2.94. The molecule has 0 fully saturated rings. The smallest absolute Gasteiger partial charge is 0.275 e. The number of aryl methyl sites for hydroxylation is 2. The monoisotopic (exact) mass is 275 g/mol. The Morgan fingerprint density at radius 3 is 2.40 bits per heavy atom. The van der Waals surface area contributed by atoms with Crippen LogP contribution in [0.1, 0.15) is 16.7 Å². The van der Waals surface area contributed by atoms with E-state index in [0.29, 0.717) is 22.4 Å². The first kappa shape index (κ1) is 14.0. The van der Waals surface area contributed by atoms with Gasteiger partial charge in [0.15, 0.2) is 0 Å². The number of nitrogens with zero attached hydrogens (tertiary/aromatic N) is 1. The molecule has 0 aliphatic carbocycles. The van der Waals surface area contributed by atoms with Crippen LogP contribution in [0.4, 0.5) is 10.1 Å². The number of nitro groups is 1. The maximum absolute atomic E-state index is 13.0. The summed E-state index contributed by atoms with van der Waals surface area (Å²) in [6, 6.07) is 9.36. The molecule has 0 aliphatic heterocycles. The molecule has 0 N–H and O–H groups in total. The summed E-state index contributed by atoms with van der Waals surface area (Å²) in [4.78, 5) is 10.5. The van der Waals surface area contributed by atoms with Crippen LogP contribution in [0.3, 0.4) is 0 Å². The maximum Gasteiger partial charge on any atom is 0.275 e. The molecular weight excluding hydrogens is 261 g/mol. The normalized spacial score (nSPS) is 10.3. The van der Waals surface area contributed by atoms with Crippen molar-refractivity contribution >= 4 is 5.69 Å². The molecule has 4 nitrogen and oxygen atoms in total. The molecule has 2 rings (SSSR count). The summed E-state index contributed by atoms with van der Waals surface area (Å²) < 4.78 is 18.6. The number of halogens is 1. The second-order valence-corrected chi connectivity index (χ2v) is 4.58. The Labute approximate surface area is 116 Å². The number of nitro benzene ring substituents is 1. The van der Waals surface area contributed by atoms with E-state index in [-0.39, 0.29) is 18.1 Å². The molecule has 0 atom stereocenters. The Balaban J connectivity index is 2.17. The number of hydrogen-bond donors (Lipinski definition) is 0. The molecule has 0 bridgehead atoms. The maximum atomic E-state index is 13.0. The van der Waals surface area contributed by atoms with E-state index in [1.165, 1.54) is 12.1 Å². The van der Waals surface area contributed by atoms with E-state index in [2.05, 4.69) is 0 Å². The summed E-state index contributed by atoms with van der Waals surface area (Å²) in [5.41, 5.74) is 1.90. The molecule has 0 spiro atoms. The van der Waals surface area contributed by atoms with Crippen molar-refractivity contribution in [3.63, 3.8) is 0 Å². The van der Waals surface area contributed by atoms with Gasteiger partial charge in [0.2, 0.25) is 0 Å². The van der Waals surface area contributed by atoms with Crippen LogP contribution in [0.25, 0.3) is 0 Å².